The van der Waals surface area contributed by atoms with E-state index in [0.29, 0.717) is 0 Å². The molecule has 0 saturated heterocycles. The van der Waals surface area contributed by atoms with Crippen molar-refractivity contribution < 1.29 is 3.83 Å². The van der Waals surface area contributed by atoms with Gasteiger partial charge in [0.25, 0.3) is 0 Å². The molecule has 0 aromatic rings. The van der Waals surface area contributed by atoms with Crippen LogP contribution in [0.25, 0.3) is 0 Å². The summed E-state index contributed by atoms with van der Waals surface area (Å²) in [7, 11) is -1.30. The van der Waals surface area contributed by atoms with Crippen LogP contribution in [0.5, 0.6) is 0 Å². The number of rotatable bonds is 10. The van der Waals surface area contributed by atoms with E-state index in [4.69, 9.17) is 0 Å². The quantitative estimate of drug-likeness (QED) is 0.440. The Balaban J connectivity index is 3.13. The first-order valence-electron chi connectivity index (χ1n) is 6.46. The molecule has 2 atom stereocenters. The first-order valence-corrected chi connectivity index (χ1v) is 14.3. The van der Waals surface area contributed by atoms with Gasteiger partial charge in [-0.25, -0.2) is 0 Å². The van der Waals surface area contributed by atoms with Crippen LogP contribution in [0.4, 0.5) is 0 Å². The van der Waals surface area contributed by atoms with Crippen LogP contribution in [0.3, 0.4) is 0 Å². The van der Waals surface area contributed by atoms with Gasteiger partial charge >= 0.3 is 115 Å². The molecule has 3 heteroatoms. The summed E-state index contributed by atoms with van der Waals surface area (Å²) >= 11 is 0.947. The van der Waals surface area contributed by atoms with E-state index in [1.54, 1.807) is 0 Å². The van der Waals surface area contributed by atoms with Gasteiger partial charge < -0.3 is 0 Å². The first kappa shape index (κ1) is 16.3. The van der Waals surface area contributed by atoms with E-state index in [9.17, 15) is 3.83 Å². The summed E-state index contributed by atoms with van der Waals surface area (Å²) in [6.07, 6.45) is 11.0. The predicted octanol–water partition coefficient (Wildman–Crippen LogP) is 3.85. The molecule has 0 aromatic heterocycles. The zero-order valence-electron chi connectivity index (χ0n) is 10.8. The van der Waals surface area contributed by atoms with Gasteiger partial charge in [-0.05, 0) is 0 Å². The molecule has 0 saturated carbocycles. The second-order valence-electron chi connectivity index (χ2n) is 4.76. The van der Waals surface area contributed by atoms with Gasteiger partial charge in [-0.2, -0.15) is 0 Å². The van der Waals surface area contributed by atoms with Crippen molar-refractivity contribution in [2.75, 3.05) is 0 Å². The van der Waals surface area contributed by atoms with Crippen molar-refractivity contribution >= 4 is 34.8 Å². The third-order valence-electron chi connectivity index (χ3n) is 2.82. The van der Waals surface area contributed by atoms with E-state index in [-0.39, 0.29) is 0 Å². The minimum atomic E-state index is -1.30. The standard InChI is InChI=1S/C12H25OSe.Na/c1-3-4-5-6-7-8-9-10-12(2)11-14-13;/h12H,3-11H2,1-2H3;/q+1;-1. The van der Waals surface area contributed by atoms with E-state index < -0.39 is 9.39 Å². The summed E-state index contributed by atoms with van der Waals surface area (Å²) in [6, 6.07) is 0. The van der Waals surface area contributed by atoms with E-state index in [1.165, 1.54) is 51.4 Å². The zero-order valence-corrected chi connectivity index (χ0v) is 14.5. The Bertz CT molecular complexity index is 162. The van der Waals surface area contributed by atoms with Crippen LogP contribution in [-0.4, -0.2) is 34.8 Å². The van der Waals surface area contributed by atoms with Crippen LogP contribution in [0.15, 0.2) is 0 Å². The average Bonchev–Trinajstić information content (AvgIpc) is 2.15. The van der Waals surface area contributed by atoms with Crippen molar-refractivity contribution in [1.29, 1.82) is 0 Å². The second-order valence-corrected chi connectivity index (χ2v) is 12.6. The number of hydrogen-bond donors (Lipinski definition) is 0. The molecule has 0 bridgehead atoms. The topological polar surface area (TPSA) is 17.1 Å². The molecule has 0 aromatic carbocycles. The van der Waals surface area contributed by atoms with Gasteiger partial charge in [0.05, 0.1) is 0 Å². The third-order valence-corrected chi connectivity index (χ3v) is 6.73. The molecule has 0 spiro atoms. The molecule has 0 aliphatic carbocycles. The third kappa shape index (κ3) is 13.3. The monoisotopic (exact) mass is 288 g/mol. The molecule has 0 aliphatic heterocycles. The van der Waals surface area contributed by atoms with Gasteiger partial charge in [0.1, 0.15) is 0 Å². The van der Waals surface area contributed by atoms with E-state index in [1.807, 2.05) is 0 Å². The molecular weight excluding hydrogens is 262 g/mol. The van der Waals surface area contributed by atoms with Gasteiger partial charge in [-0.1, -0.05) is 0 Å². The van der Waals surface area contributed by atoms with Crippen molar-refractivity contribution in [2.45, 2.75) is 70.5 Å². The molecule has 0 rings (SSSR count). The Morgan fingerprint density at radius 3 is 2.13 bits per heavy atom. The van der Waals surface area contributed by atoms with Gasteiger partial charge in [0, 0.05) is 0 Å². The summed E-state index contributed by atoms with van der Waals surface area (Å²) in [5.41, 5.74) is 0. The molecule has 0 radical (unpaired) electrons. The normalized spacial score (nSPS) is 15.2. The summed E-state index contributed by atoms with van der Waals surface area (Å²) in [4.78, 5) is 0. The fourth-order valence-corrected chi connectivity index (χ4v) is 6.92. The van der Waals surface area contributed by atoms with Crippen molar-refractivity contribution in [3.05, 3.63) is 0 Å². The second kappa shape index (κ2) is 11.8. The Hall–Kier alpha value is 1.32. The van der Waals surface area contributed by atoms with Crippen LogP contribution in [0.2, 0.25) is 5.32 Å². The van der Waals surface area contributed by atoms with Crippen molar-refractivity contribution in [3.8, 4) is 0 Å². The minimum absolute atomic E-state index is 0.723. The van der Waals surface area contributed by atoms with Crippen LogP contribution >= 0.6 is 0 Å². The molecule has 2 unspecified atom stereocenters. The first-order chi connectivity index (χ1) is 7.16. The van der Waals surface area contributed by atoms with Crippen LogP contribution < -0.4 is 0 Å². The van der Waals surface area contributed by atoms with E-state index in [2.05, 4.69) is 13.8 Å². The number of hydrogen-bond acceptors (Lipinski definition) is 1. The van der Waals surface area contributed by atoms with Gasteiger partial charge in [-0.15, -0.1) is 0 Å². The molecule has 1 nitrogen and oxygen atoms in total. The molecule has 0 fully saturated rings. The van der Waals surface area contributed by atoms with E-state index in [0.717, 1.165) is 36.6 Å². The Labute approximate surface area is 114 Å². The Morgan fingerprint density at radius 1 is 1.07 bits per heavy atom. The Kier molecular flexibility index (Phi) is 12.8. The fourth-order valence-electron chi connectivity index (χ4n) is 1.93. The van der Waals surface area contributed by atoms with Crippen molar-refractivity contribution in [3.63, 3.8) is 0 Å². The summed E-state index contributed by atoms with van der Waals surface area (Å²) in [5.74, 6) is 0.723. The predicted molar refractivity (Wildman–Crippen MR) is 68.8 cm³/mol. The molecular formula is C12H25NaOSe. The SMILES string of the molecule is CCCCCCCCCC(C)C[Se](=O)[Na]. The summed E-state index contributed by atoms with van der Waals surface area (Å²) in [6.45, 7) is 4.53. The molecule has 0 heterocycles. The molecule has 0 N–H and O–H groups in total. The van der Waals surface area contributed by atoms with Crippen LogP contribution in [0, 0.1) is 5.92 Å². The Morgan fingerprint density at radius 2 is 1.60 bits per heavy atom. The van der Waals surface area contributed by atoms with Crippen LogP contribution in [0.1, 0.15) is 65.2 Å². The summed E-state index contributed by atoms with van der Waals surface area (Å²) in [5, 5.41) is 1.04. The maximum absolute atomic E-state index is 11.1. The van der Waals surface area contributed by atoms with Gasteiger partial charge in [0.15, 0.2) is 0 Å². The van der Waals surface area contributed by atoms with Gasteiger partial charge in [0.2, 0.25) is 0 Å². The maximum atomic E-state index is 11.1. The number of unbranched alkanes of at least 4 members (excludes halogenated alkanes) is 6. The van der Waals surface area contributed by atoms with Crippen molar-refractivity contribution in [2.24, 2.45) is 5.92 Å². The van der Waals surface area contributed by atoms with Gasteiger partial charge in [-0.3, -0.25) is 0 Å². The average molecular weight is 287 g/mol. The molecule has 86 valence electrons. The van der Waals surface area contributed by atoms with Crippen LogP contribution in [-0.2, 0) is 3.83 Å². The fraction of sp³-hybridized carbons (Fsp3) is 1.00. The molecule has 0 aliphatic rings. The van der Waals surface area contributed by atoms with Crippen molar-refractivity contribution in [1.82, 2.24) is 0 Å². The molecule has 15 heavy (non-hydrogen) atoms. The summed E-state index contributed by atoms with van der Waals surface area (Å²) < 4.78 is 11.1. The van der Waals surface area contributed by atoms with E-state index >= 15 is 0 Å². The molecule has 0 amide bonds. The zero-order chi connectivity index (χ0) is 11.5.